The van der Waals surface area contributed by atoms with E-state index in [4.69, 9.17) is 0 Å². The van der Waals surface area contributed by atoms with E-state index in [0.29, 0.717) is 0 Å². The van der Waals surface area contributed by atoms with Crippen molar-refractivity contribution >= 4 is 33.0 Å². The Balaban J connectivity index is 1.62. The smallest absolute Gasteiger partial charge is 0.149 e. The van der Waals surface area contributed by atoms with Crippen molar-refractivity contribution in [2.24, 2.45) is 0 Å². The summed E-state index contributed by atoms with van der Waals surface area (Å²) in [6.07, 6.45) is -0.119. The number of benzene rings is 5. The molecule has 1 heterocycles. The van der Waals surface area contributed by atoms with E-state index >= 15 is 0 Å². The quantitative estimate of drug-likeness (QED) is 0.193. The normalized spacial score (nSPS) is 15.7. The van der Waals surface area contributed by atoms with Crippen LogP contribution < -0.4 is 15.2 Å². The maximum absolute atomic E-state index is 3.71. The molecule has 1 unspecified atom stereocenters. The second kappa shape index (κ2) is 10.7. The van der Waals surface area contributed by atoms with E-state index in [1.54, 1.807) is 0 Å². The monoisotopic (exact) mass is 560 g/mol. The van der Waals surface area contributed by atoms with Crippen LogP contribution in [-0.2, 0) is 5.33 Å². The van der Waals surface area contributed by atoms with E-state index in [1.165, 1.54) is 22.3 Å². The van der Waals surface area contributed by atoms with Crippen molar-refractivity contribution in [1.82, 2.24) is 5.01 Å². The van der Waals surface area contributed by atoms with Crippen molar-refractivity contribution in [3.05, 3.63) is 151 Å². The van der Waals surface area contributed by atoms with Crippen molar-refractivity contribution in [3.8, 4) is 11.1 Å². The number of hydrogen-bond acceptors (Lipinski definition) is 4. The molecular formula is C33H29BrN4. The van der Waals surface area contributed by atoms with Gasteiger partial charge in [-0.2, -0.15) is 15.2 Å². The number of anilines is 3. The average Bonchev–Trinajstić information content (AvgIpc) is 3.31. The molecule has 6 rings (SSSR count). The Labute approximate surface area is 233 Å². The topological polar surface area (TPSA) is 13.0 Å². The zero-order valence-corrected chi connectivity index (χ0v) is 22.8. The van der Waals surface area contributed by atoms with E-state index in [1.807, 2.05) is 0 Å². The lowest BCUT2D eigenvalue weighted by Crippen LogP contribution is -2.47. The summed E-state index contributed by atoms with van der Waals surface area (Å²) >= 11 is 3.71. The molecule has 0 amide bonds. The van der Waals surface area contributed by atoms with Crippen LogP contribution in [0.3, 0.4) is 0 Å². The molecule has 4 nitrogen and oxygen atoms in total. The van der Waals surface area contributed by atoms with E-state index < -0.39 is 0 Å². The Morgan fingerprint density at radius 2 is 1.08 bits per heavy atom. The van der Waals surface area contributed by atoms with Gasteiger partial charge in [0.25, 0.3) is 0 Å². The number of rotatable bonds is 6. The Bertz CT molecular complexity index is 1480. The van der Waals surface area contributed by atoms with Crippen molar-refractivity contribution in [3.63, 3.8) is 0 Å². The Morgan fingerprint density at radius 1 is 0.579 bits per heavy atom. The predicted molar refractivity (Wildman–Crippen MR) is 162 cm³/mol. The third kappa shape index (κ3) is 4.44. The lowest BCUT2D eigenvalue weighted by molar-refractivity contribution is 0.291. The van der Waals surface area contributed by atoms with E-state index in [9.17, 15) is 0 Å². The van der Waals surface area contributed by atoms with Crippen LogP contribution >= 0.6 is 15.9 Å². The van der Waals surface area contributed by atoms with Crippen molar-refractivity contribution in [2.75, 3.05) is 22.3 Å². The molecule has 38 heavy (non-hydrogen) atoms. The molecule has 1 fully saturated rings. The van der Waals surface area contributed by atoms with Crippen LogP contribution in [0.1, 0.15) is 17.3 Å². The molecular weight excluding hydrogens is 532 g/mol. The summed E-state index contributed by atoms with van der Waals surface area (Å²) in [5.41, 5.74) is 8.16. The highest BCUT2D eigenvalue weighted by atomic mass is 79.9. The summed E-state index contributed by atoms with van der Waals surface area (Å²) in [7, 11) is 2.17. The SMILES string of the molecule is CN1C(c2cc(CBr)ccc2-c2ccccc2)N(c2ccccc2)N(c2ccccc2)N1c1ccccc1. The van der Waals surface area contributed by atoms with Crippen molar-refractivity contribution in [1.29, 1.82) is 0 Å². The summed E-state index contributed by atoms with van der Waals surface area (Å²) in [5.74, 6) is 0. The highest BCUT2D eigenvalue weighted by Crippen LogP contribution is 2.45. The molecule has 0 N–H and O–H groups in total. The van der Waals surface area contributed by atoms with Crippen molar-refractivity contribution in [2.45, 2.75) is 11.5 Å². The van der Waals surface area contributed by atoms with Crippen LogP contribution in [0.15, 0.2) is 140 Å². The summed E-state index contributed by atoms with van der Waals surface area (Å²) in [6.45, 7) is 0. The lowest BCUT2D eigenvalue weighted by Gasteiger charge is -2.37. The summed E-state index contributed by atoms with van der Waals surface area (Å²) < 4.78 is 0. The molecule has 1 aliphatic rings. The number of hydrazine groups is 3. The molecule has 0 saturated carbocycles. The number of para-hydroxylation sites is 3. The van der Waals surface area contributed by atoms with E-state index in [2.05, 4.69) is 183 Å². The van der Waals surface area contributed by atoms with Gasteiger partial charge in [-0.1, -0.05) is 119 Å². The Hall–Kier alpha value is -4.06. The molecule has 1 atom stereocenters. The second-order valence-corrected chi connectivity index (χ2v) is 9.86. The van der Waals surface area contributed by atoms with Crippen LogP contribution in [0.2, 0.25) is 0 Å². The zero-order valence-electron chi connectivity index (χ0n) is 21.2. The lowest BCUT2D eigenvalue weighted by atomic mass is 9.95. The van der Waals surface area contributed by atoms with Gasteiger partial charge in [-0.3, -0.25) is 0 Å². The first-order valence-electron chi connectivity index (χ1n) is 12.8. The minimum Gasteiger partial charge on any atom is -0.241 e. The summed E-state index contributed by atoms with van der Waals surface area (Å²) in [4.78, 5) is 0. The zero-order chi connectivity index (χ0) is 25.9. The van der Waals surface area contributed by atoms with Gasteiger partial charge in [-0.05, 0) is 53.1 Å². The van der Waals surface area contributed by atoms with Crippen LogP contribution in [-0.4, -0.2) is 12.1 Å². The van der Waals surface area contributed by atoms with E-state index in [0.717, 1.165) is 22.4 Å². The molecule has 188 valence electrons. The first kappa shape index (κ1) is 24.3. The van der Waals surface area contributed by atoms with Gasteiger partial charge in [-0.15, -0.1) is 0 Å². The number of nitrogens with zero attached hydrogens (tertiary/aromatic N) is 4. The van der Waals surface area contributed by atoms with Gasteiger partial charge in [0, 0.05) is 17.9 Å². The predicted octanol–water partition coefficient (Wildman–Crippen LogP) is 8.46. The van der Waals surface area contributed by atoms with Crippen LogP contribution in [0.5, 0.6) is 0 Å². The fourth-order valence-electron chi connectivity index (χ4n) is 5.19. The Morgan fingerprint density at radius 3 is 1.63 bits per heavy atom. The van der Waals surface area contributed by atoms with Gasteiger partial charge in [-0.25, -0.2) is 5.01 Å². The minimum absolute atomic E-state index is 0.119. The molecule has 1 saturated heterocycles. The van der Waals surface area contributed by atoms with Crippen molar-refractivity contribution < 1.29 is 0 Å². The molecule has 5 aromatic rings. The standard InChI is InChI=1S/C33H29BrN4/c1-35-33(32-24-26(25-34)22-23-31(32)27-14-6-2-7-15-27)36(28-16-8-3-9-17-28)38(30-20-12-5-13-21-30)37(35)29-18-10-4-11-19-29/h2-24,33H,25H2,1H3. The summed E-state index contributed by atoms with van der Waals surface area (Å²) in [5, 5.41) is 10.1. The highest BCUT2D eigenvalue weighted by Gasteiger charge is 2.45. The number of alkyl halides is 1. The molecule has 0 aromatic heterocycles. The third-order valence-electron chi connectivity index (χ3n) is 6.90. The van der Waals surface area contributed by atoms with Crippen LogP contribution in [0, 0.1) is 0 Å². The maximum atomic E-state index is 3.71. The van der Waals surface area contributed by atoms with E-state index in [-0.39, 0.29) is 6.17 Å². The summed E-state index contributed by atoms with van der Waals surface area (Å²) in [6, 6.07) is 49.3. The maximum Gasteiger partial charge on any atom is 0.149 e. The number of hydrogen-bond donors (Lipinski definition) is 0. The Kier molecular flexibility index (Phi) is 6.86. The fraction of sp³-hybridized carbons (Fsp3) is 0.0909. The molecule has 5 heteroatoms. The molecule has 0 bridgehead atoms. The second-order valence-electron chi connectivity index (χ2n) is 9.30. The first-order chi connectivity index (χ1) is 18.8. The van der Waals surface area contributed by atoms with Crippen LogP contribution in [0.25, 0.3) is 11.1 Å². The molecule has 0 radical (unpaired) electrons. The largest absolute Gasteiger partial charge is 0.241 e. The van der Waals surface area contributed by atoms with Crippen LogP contribution in [0.4, 0.5) is 17.1 Å². The molecule has 0 spiro atoms. The minimum atomic E-state index is -0.119. The van der Waals surface area contributed by atoms with Gasteiger partial charge in [0.1, 0.15) is 6.17 Å². The van der Waals surface area contributed by atoms with Gasteiger partial charge >= 0.3 is 0 Å². The van der Waals surface area contributed by atoms with Gasteiger partial charge in [0.05, 0.1) is 17.1 Å². The highest BCUT2D eigenvalue weighted by molar-refractivity contribution is 9.08. The fourth-order valence-corrected chi connectivity index (χ4v) is 5.54. The molecule has 5 aromatic carbocycles. The van der Waals surface area contributed by atoms with Gasteiger partial charge in [0.2, 0.25) is 0 Å². The average molecular weight is 562 g/mol. The molecule has 1 aliphatic heterocycles. The van der Waals surface area contributed by atoms with Gasteiger partial charge in [0.15, 0.2) is 0 Å². The molecule has 0 aliphatic carbocycles. The number of halogens is 1. The third-order valence-corrected chi connectivity index (χ3v) is 7.54. The van der Waals surface area contributed by atoms with Gasteiger partial charge < -0.3 is 0 Å². The first-order valence-corrected chi connectivity index (χ1v) is 13.9.